The lowest BCUT2D eigenvalue weighted by Crippen LogP contribution is -2.24. The fourth-order valence-electron chi connectivity index (χ4n) is 2.92. The van der Waals surface area contributed by atoms with Crippen LogP contribution in [0.15, 0.2) is 72.8 Å². The average Bonchev–Trinajstić information content (AvgIpc) is 2.78. The maximum atomic E-state index is 12.8. The third kappa shape index (κ3) is 5.17. The van der Waals surface area contributed by atoms with E-state index in [-0.39, 0.29) is 11.8 Å². The van der Waals surface area contributed by atoms with Crippen molar-refractivity contribution in [1.82, 2.24) is 10.2 Å². The first-order chi connectivity index (χ1) is 14.5. The number of rotatable bonds is 7. The van der Waals surface area contributed by atoms with Crippen LogP contribution in [-0.2, 0) is 6.54 Å². The quantitative estimate of drug-likeness (QED) is 0.624. The molecule has 0 spiro atoms. The van der Waals surface area contributed by atoms with E-state index in [2.05, 4.69) is 10.6 Å². The molecule has 0 aliphatic rings. The Balaban J connectivity index is 1.66. The molecule has 6 heteroatoms. The SMILES string of the molecule is COc1ccc(Nc2ccccc2C(=O)NCc2ccc(C(=O)N(C)C)cc2)cc1. The fraction of sp³-hybridized carbons (Fsp3) is 0.167. The molecule has 0 aromatic heterocycles. The Morgan fingerprint density at radius 1 is 0.900 bits per heavy atom. The normalized spacial score (nSPS) is 10.2. The number of para-hydroxylation sites is 1. The lowest BCUT2D eigenvalue weighted by molar-refractivity contribution is 0.0827. The van der Waals surface area contributed by atoms with Gasteiger partial charge in [-0.3, -0.25) is 9.59 Å². The van der Waals surface area contributed by atoms with Crippen LogP contribution in [0.25, 0.3) is 0 Å². The van der Waals surface area contributed by atoms with Crippen molar-refractivity contribution in [2.75, 3.05) is 26.5 Å². The number of anilines is 2. The van der Waals surface area contributed by atoms with Crippen LogP contribution < -0.4 is 15.4 Å². The molecule has 0 heterocycles. The molecular weight excluding hydrogens is 378 g/mol. The molecule has 2 amide bonds. The van der Waals surface area contributed by atoms with Gasteiger partial charge in [-0.25, -0.2) is 0 Å². The summed E-state index contributed by atoms with van der Waals surface area (Å²) in [5.41, 5.74) is 3.65. The highest BCUT2D eigenvalue weighted by molar-refractivity contribution is 6.00. The molecule has 3 rings (SSSR count). The number of hydrogen-bond acceptors (Lipinski definition) is 4. The standard InChI is InChI=1S/C24H25N3O3/c1-27(2)24(29)18-10-8-17(9-11-18)16-25-23(28)21-6-4-5-7-22(21)26-19-12-14-20(30-3)15-13-19/h4-15,26H,16H2,1-3H3,(H,25,28). The highest BCUT2D eigenvalue weighted by Gasteiger charge is 2.12. The summed E-state index contributed by atoms with van der Waals surface area (Å²) in [4.78, 5) is 26.3. The molecule has 0 aliphatic carbocycles. The van der Waals surface area contributed by atoms with Crippen molar-refractivity contribution in [2.45, 2.75) is 6.54 Å². The number of amides is 2. The van der Waals surface area contributed by atoms with Crippen molar-refractivity contribution in [3.05, 3.63) is 89.5 Å². The predicted molar refractivity (Wildman–Crippen MR) is 118 cm³/mol. The zero-order chi connectivity index (χ0) is 21.5. The van der Waals surface area contributed by atoms with Crippen LogP contribution in [0.2, 0.25) is 0 Å². The van der Waals surface area contributed by atoms with Crippen LogP contribution in [0, 0.1) is 0 Å². The predicted octanol–water partition coefficient (Wildman–Crippen LogP) is 4.07. The lowest BCUT2D eigenvalue weighted by atomic mass is 10.1. The van der Waals surface area contributed by atoms with Gasteiger partial charge in [0.2, 0.25) is 0 Å². The zero-order valence-corrected chi connectivity index (χ0v) is 17.3. The van der Waals surface area contributed by atoms with Crippen molar-refractivity contribution in [3.8, 4) is 5.75 Å². The van der Waals surface area contributed by atoms with Gasteiger partial charge in [0, 0.05) is 31.9 Å². The summed E-state index contributed by atoms with van der Waals surface area (Å²) in [6.45, 7) is 0.367. The minimum Gasteiger partial charge on any atom is -0.497 e. The van der Waals surface area contributed by atoms with E-state index in [0.717, 1.165) is 17.0 Å². The average molecular weight is 403 g/mol. The molecule has 0 unspecified atom stereocenters. The van der Waals surface area contributed by atoms with Crippen LogP contribution in [0.4, 0.5) is 11.4 Å². The van der Waals surface area contributed by atoms with E-state index in [1.54, 1.807) is 39.4 Å². The summed E-state index contributed by atoms with van der Waals surface area (Å²) in [5, 5.41) is 6.21. The summed E-state index contributed by atoms with van der Waals surface area (Å²) in [7, 11) is 5.05. The molecule has 3 aromatic carbocycles. The minimum absolute atomic E-state index is 0.0517. The van der Waals surface area contributed by atoms with Gasteiger partial charge in [0.25, 0.3) is 11.8 Å². The number of ether oxygens (including phenoxy) is 1. The van der Waals surface area contributed by atoms with Gasteiger partial charge in [0.15, 0.2) is 0 Å². The van der Waals surface area contributed by atoms with Gasteiger partial charge < -0.3 is 20.3 Å². The first-order valence-corrected chi connectivity index (χ1v) is 9.57. The molecule has 2 N–H and O–H groups in total. The van der Waals surface area contributed by atoms with Crippen molar-refractivity contribution >= 4 is 23.2 Å². The maximum Gasteiger partial charge on any atom is 0.253 e. The van der Waals surface area contributed by atoms with Gasteiger partial charge in [0.1, 0.15) is 5.75 Å². The highest BCUT2D eigenvalue weighted by atomic mass is 16.5. The number of benzene rings is 3. The fourth-order valence-corrected chi connectivity index (χ4v) is 2.92. The van der Waals surface area contributed by atoms with Gasteiger partial charge in [-0.1, -0.05) is 24.3 Å². The summed E-state index contributed by atoms with van der Waals surface area (Å²) in [6, 6.07) is 22.1. The minimum atomic E-state index is -0.181. The number of methoxy groups -OCH3 is 1. The third-order valence-electron chi connectivity index (χ3n) is 4.60. The molecule has 154 valence electrons. The molecule has 0 saturated carbocycles. The molecule has 30 heavy (non-hydrogen) atoms. The lowest BCUT2D eigenvalue weighted by Gasteiger charge is -2.13. The summed E-state index contributed by atoms with van der Waals surface area (Å²) < 4.78 is 5.17. The van der Waals surface area contributed by atoms with Crippen molar-refractivity contribution in [1.29, 1.82) is 0 Å². The van der Waals surface area contributed by atoms with Crippen LogP contribution >= 0.6 is 0 Å². The second-order valence-electron chi connectivity index (χ2n) is 6.98. The Bertz CT molecular complexity index is 1010. The van der Waals surface area contributed by atoms with E-state index in [1.807, 2.05) is 54.6 Å². The Labute approximate surface area is 176 Å². The van der Waals surface area contributed by atoms with E-state index in [1.165, 1.54) is 4.90 Å². The van der Waals surface area contributed by atoms with E-state index in [4.69, 9.17) is 4.74 Å². The summed E-state index contributed by atoms with van der Waals surface area (Å²) in [5.74, 6) is 0.536. The largest absolute Gasteiger partial charge is 0.497 e. The molecule has 0 saturated heterocycles. The molecular formula is C24H25N3O3. The first-order valence-electron chi connectivity index (χ1n) is 9.57. The van der Waals surface area contributed by atoms with Crippen molar-refractivity contribution in [2.24, 2.45) is 0 Å². The zero-order valence-electron chi connectivity index (χ0n) is 17.3. The van der Waals surface area contributed by atoms with Gasteiger partial charge in [-0.05, 0) is 54.1 Å². The van der Waals surface area contributed by atoms with Crippen molar-refractivity contribution < 1.29 is 14.3 Å². The van der Waals surface area contributed by atoms with Crippen LogP contribution in [0.3, 0.4) is 0 Å². The van der Waals surface area contributed by atoms with E-state index in [9.17, 15) is 9.59 Å². The number of carbonyl (C=O) groups is 2. The Morgan fingerprint density at radius 3 is 2.20 bits per heavy atom. The number of nitrogens with zero attached hydrogens (tertiary/aromatic N) is 1. The number of hydrogen-bond donors (Lipinski definition) is 2. The van der Waals surface area contributed by atoms with Gasteiger partial charge in [-0.2, -0.15) is 0 Å². The molecule has 0 fully saturated rings. The summed E-state index contributed by atoms with van der Waals surface area (Å²) >= 11 is 0. The first kappa shape index (κ1) is 20.9. The Hall–Kier alpha value is -3.80. The Morgan fingerprint density at radius 2 is 1.57 bits per heavy atom. The van der Waals surface area contributed by atoms with Gasteiger partial charge in [-0.15, -0.1) is 0 Å². The second-order valence-corrected chi connectivity index (χ2v) is 6.98. The van der Waals surface area contributed by atoms with E-state index in [0.29, 0.717) is 23.4 Å². The smallest absolute Gasteiger partial charge is 0.253 e. The monoisotopic (exact) mass is 403 g/mol. The third-order valence-corrected chi connectivity index (χ3v) is 4.60. The van der Waals surface area contributed by atoms with Crippen LogP contribution in [0.5, 0.6) is 5.75 Å². The molecule has 3 aromatic rings. The van der Waals surface area contributed by atoms with E-state index < -0.39 is 0 Å². The highest BCUT2D eigenvalue weighted by Crippen LogP contribution is 2.23. The summed E-state index contributed by atoms with van der Waals surface area (Å²) in [6.07, 6.45) is 0. The molecule has 0 bridgehead atoms. The second kappa shape index (κ2) is 9.60. The maximum absolute atomic E-state index is 12.8. The number of nitrogens with one attached hydrogen (secondary N) is 2. The van der Waals surface area contributed by atoms with Crippen LogP contribution in [0.1, 0.15) is 26.3 Å². The molecule has 0 radical (unpaired) electrons. The number of carbonyl (C=O) groups excluding carboxylic acids is 2. The molecule has 0 aliphatic heterocycles. The topological polar surface area (TPSA) is 70.7 Å². The Kier molecular flexibility index (Phi) is 6.70. The van der Waals surface area contributed by atoms with Crippen LogP contribution in [-0.4, -0.2) is 37.9 Å². The molecule has 0 atom stereocenters. The van der Waals surface area contributed by atoms with Gasteiger partial charge >= 0.3 is 0 Å². The van der Waals surface area contributed by atoms with Gasteiger partial charge in [0.05, 0.1) is 18.4 Å². The van der Waals surface area contributed by atoms with Crippen molar-refractivity contribution in [3.63, 3.8) is 0 Å². The van der Waals surface area contributed by atoms with E-state index >= 15 is 0 Å². The molecule has 6 nitrogen and oxygen atoms in total.